The average molecular weight is 291 g/mol. The van der Waals surface area contributed by atoms with E-state index in [2.05, 4.69) is 15.5 Å². The van der Waals surface area contributed by atoms with E-state index in [0.717, 1.165) is 16.9 Å². The van der Waals surface area contributed by atoms with E-state index in [-0.39, 0.29) is 5.69 Å². The van der Waals surface area contributed by atoms with Crippen LogP contribution < -0.4 is 10.1 Å². The number of carbonyl (C=O) groups is 1. The maximum atomic E-state index is 10.7. The summed E-state index contributed by atoms with van der Waals surface area (Å²) >= 11 is 0. The molecule has 2 rings (SSSR count). The Hall–Kier alpha value is -2.54. The predicted molar refractivity (Wildman–Crippen MR) is 76.6 cm³/mol. The van der Waals surface area contributed by atoms with Crippen molar-refractivity contribution in [1.82, 2.24) is 10.2 Å². The highest BCUT2D eigenvalue weighted by Gasteiger charge is 2.08. The van der Waals surface area contributed by atoms with E-state index in [1.54, 1.807) is 14.2 Å². The molecule has 0 bridgehead atoms. The van der Waals surface area contributed by atoms with E-state index < -0.39 is 5.97 Å². The highest BCUT2D eigenvalue weighted by atomic mass is 16.5. The molecule has 1 aromatic carbocycles. The van der Waals surface area contributed by atoms with Gasteiger partial charge in [-0.3, -0.25) is 5.10 Å². The standard InChI is InChI=1S/C14H17N3O4/c1-20-8-10-5-9(3-4-12(10)21-2)7-15-13-6-11(14(18)19)16-17-13/h3-6H,7-8H2,1-2H3,(H,18,19)(H2,15,16,17). The quantitative estimate of drug-likeness (QED) is 0.720. The third kappa shape index (κ3) is 3.73. The second-order valence-corrected chi connectivity index (χ2v) is 4.40. The number of H-pyrrole nitrogens is 1. The molecule has 0 fully saturated rings. The van der Waals surface area contributed by atoms with E-state index >= 15 is 0 Å². The number of carboxylic acids is 1. The molecule has 21 heavy (non-hydrogen) atoms. The van der Waals surface area contributed by atoms with Gasteiger partial charge < -0.3 is 19.9 Å². The van der Waals surface area contributed by atoms with Gasteiger partial charge in [0.25, 0.3) is 0 Å². The summed E-state index contributed by atoms with van der Waals surface area (Å²) in [4.78, 5) is 10.7. The maximum absolute atomic E-state index is 10.7. The number of nitrogens with zero attached hydrogens (tertiary/aromatic N) is 1. The third-order valence-corrected chi connectivity index (χ3v) is 2.93. The first-order chi connectivity index (χ1) is 10.1. The van der Waals surface area contributed by atoms with Gasteiger partial charge in [0, 0.05) is 25.3 Å². The van der Waals surface area contributed by atoms with Crippen LogP contribution in [0.5, 0.6) is 5.75 Å². The molecule has 0 aliphatic rings. The van der Waals surface area contributed by atoms with Crippen LogP contribution in [-0.2, 0) is 17.9 Å². The van der Waals surface area contributed by atoms with Crippen LogP contribution in [0.25, 0.3) is 0 Å². The summed E-state index contributed by atoms with van der Waals surface area (Å²) in [5, 5.41) is 18.2. The van der Waals surface area contributed by atoms with Gasteiger partial charge in [-0.15, -0.1) is 0 Å². The number of carboxylic acid groups (broad SMARTS) is 1. The number of anilines is 1. The van der Waals surface area contributed by atoms with Crippen molar-refractivity contribution in [1.29, 1.82) is 0 Å². The van der Waals surface area contributed by atoms with Crippen LogP contribution >= 0.6 is 0 Å². The molecule has 7 heteroatoms. The second-order valence-electron chi connectivity index (χ2n) is 4.40. The third-order valence-electron chi connectivity index (χ3n) is 2.93. The van der Waals surface area contributed by atoms with E-state index in [1.165, 1.54) is 6.07 Å². The summed E-state index contributed by atoms with van der Waals surface area (Å²) in [6, 6.07) is 7.22. The number of ether oxygens (including phenoxy) is 2. The maximum Gasteiger partial charge on any atom is 0.353 e. The zero-order valence-electron chi connectivity index (χ0n) is 11.8. The van der Waals surface area contributed by atoms with Gasteiger partial charge in [0.2, 0.25) is 0 Å². The Kier molecular flexibility index (Phi) is 4.78. The number of methoxy groups -OCH3 is 2. The lowest BCUT2D eigenvalue weighted by atomic mass is 10.1. The van der Waals surface area contributed by atoms with Crippen LogP contribution in [0, 0.1) is 0 Å². The van der Waals surface area contributed by atoms with Gasteiger partial charge in [-0.1, -0.05) is 6.07 Å². The molecule has 0 unspecified atom stereocenters. The van der Waals surface area contributed by atoms with E-state index in [4.69, 9.17) is 14.6 Å². The fraction of sp³-hybridized carbons (Fsp3) is 0.286. The monoisotopic (exact) mass is 291 g/mol. The van der Waals surface area contributed by atoms with Crippen molar-refractivity contribution in [2.45, 2.75) is 13.2 Å². The molecule has 0 aliphatic heterocycles. The van der Waals surface area contributed by atoms with E-state index in [0.29, 0.717) is 19.0 Å². The zero-order chi connectivity index (χ0) is 15.2. The molecule has 0 atom stereocenters. The minimum Gasteiger partial charge on any atom is -0.496 e. The topological polar surface area (TPSA) is 96.5 Å². The van der Waals surface area contributed by atoms with Crippen molar-refractivity contribution in [3.05, 3.63) is 41.1 Å². The normalized spacial score (nSPS) is 10.4. The van der Waals surface area contributed by atoms with Crippen molar-refractivity contribution < 1.29 is 19.4 Å². The van der Waals surface area contributed by atoms with Crippen molar-refractivity contribution in [3.63, 3.8) is 0 Å². The summed E-state index contributed by atoms with van der Waals surface area (Å²) in [5.41, 5.74) is 2.02. The first-order valence-electron chi connectivity index (χ1n) is 6.31. The van der Waals surface area contributed by atoms with Gasteiger partial charge in [-0.05, 0) is 17.7 Å². The molecule has 7 nitrogen and oxygen atoms in total. The number of hydrogen-bond donors (Lipinski definition) is 3. The zero-order valence-corrected chi connectivity index (χ0v) is 11.8. The Balaban J connectivity index is 2.05. The van der Waals surface area contributed by atoms with Crippen LogP contribution in [0.15, 0.2) is 24.3 Å². The van der Waals surface area contributed by atoms with Gasteiger partial charge in [-0.2, -0.15) is 5.10 Å². The summed E-state index contributed by atoms with van der Waals surface area (Å²) in [7, 11) is 3.24. The van der Waals surface area contributed by atoms with Crippen LogP contribution in [0.4, 0.5) is 5.82 Å². The lowest BCUT2D eigenvalue weighted by Crippen LogP contribution is -2.02. The fourth-order valence-electron chi connectivity index (χ4n) is 1.92. The Morgan fingerprint density at radius 1 is 1.38 bits per heavy atom. The molecule has 0 radical (unpaired) electrons. The van der Waals surface area contributed by atoms with Gasteiger partial charge in [0.15, 0.2) is 0 Å². The molecule has 1 aromatic heterocycles. The Bertz CT molecular complexity index is 624. The second kappa shape index (κ2) is 6.76. The summed E-state index contributed by atoms with van der Waals surface area (Å²) in [6.07, 6.45) is 0. The number of benzene rings is 1. The summed E-state index contributed by atoms with van der Waals surface area (Å²) < 4.78 is 10.4. The lowest BCUT2D eigenvalue weighted by molar-refractivity contribution is 0.0690. The first kappa shape index (κ1) is 14.9. The Labute approximate surface area is 121 Å². The first-order valence-corrected chi connectivity index (χ1v) is 6.31. The van der Waals surface area contributed by atoms with Crippen LogP contribution in [-0.4, -0.2) is 35.5 Å². The molecule has 0 amide bonds. The SMILES string of the molecule is COCc1cc(CNc2cc(C(=O)O)[nH]n2)ccc1OC. The van der Waals surface area contributed by atoms with Gasteiger partial charge >= 0.3 is 5.97 Å². The molecular weight excluding hydrogens is 274 g/mol. The van der Waals surface area contributed by atoms with E-state index in [1.807, 2.05) is 18.2 Å². The smallest absolute Gasteiger partial charge is 0.353 e. The minimum absolute atomic E-state index is 0.0484. The molecule has 3 N–H and O–H groups in total. The van der Waals surface area contributed by atoms with Crippen molar-refractivity contribution >= 4 is 11.8 Å². The van der Waals surface area contributed by atoms with Gasteiger partial charge in [0.05, 0.1) is 13.7 Å². The molecule has 0 saturated carbocycles. The average Bonchev–Trinajstić information content (AvgIpc) is 2.95. The summed E-state index contributed by atoms with van der Waals surface area (Å²) in [6.45, 7) is 0.979. The van der Waals surface area contributed by atoms with Gasteiger partial charge in [-0.25, -0.2) is 4.79 Å². The van der Waals surface area contributed by atoms with E-state index in [9.17, 15) is 4.79 Å². The highest BCUT2D eigenvalue weighted by molar-refractivity contribution is 5.86. The molecular formula is C14H17N3O4. The Morgan fingerprint density at radius 2 is 2.19 bits per heavy atom. The minimum atomic E-state index is -1.04. The van der Waals surface area contributed by atoms with Crippen LogP contribution in [0.1, 0.15) is 21.6 Å². The molecule has 0 saturated heterocycles. The molecule has 112 valence electrons. The predicted octanol–water partition coefficient (Wildman–Crippen LogP) is 1.88. The number of hydrogen-bond acceptors (Lipinski definition) is 5. The lowest BCUT2D eigenvalue weighted by Gasteiger charge is -2.10. The summed E-state index contributed by atoms with van der Waals surface area (Å²) in [5.74, 6) is 0.215. The highest BCUT2D eigenvalue weighted by Crippen LogP contribution is 2.21. The number of rotatable bonds is 7. The largest absolute Gasteiger partial charge is 0.496 e. The fourth-order valence-corrected chi connectivity index (χ4v) is 1.92. The van der Waals surface area contributed by atoms with Gasteiger partial charge in [0.1, 0.15) is 17.3 Å². The van der Waals surface area contributed by atoms with Crippen LogP contribution in [0.2, 0.25) is 0 Å². The molecule has 2 aromatic rings. The van der Waals surface area contributed by atoms with Crippen molar-refractivity contribution in [2.75, 3.05) is 19.5 Å². The molecule has 1 heterocycles. The molecule has 0 spiro atoms. The Morgan fingerprint density at radius 3 is 2.81 bits per heavy atom. The van der Waals surface area contributed by atoms with Crippen molar-refractivity contribution in [3.8, 4) is 5.75 Å². The number of nitrogens with one attached hydrogen (secondary N) is 2. The number of aromatic amines is 1. The number of aromatic carboxylic acids is 1. The number of aromatic nitrogens is 2. The van der Waals surface area contributed by atoms with Crippen LogP contribution in [0.3, 0.4) is 0 Å². The van der Waals surface area contributed by atoms with Crippen molar-refractivity contribution in [2.24, 2.45) is 0 Å². The molecule has 0 aliphatic carbocycles.